The lowest BCUT2D eigenvalue weighted by Gasteiger charge is -2.10. The lowest BCUT2D eigenvalue weighted by Crippen LogP contribution is -1.91. The third-order valence-electron chi connectivity index (χ3n) is 4.93. The van der Waals surface area contributed by atoms with E-state index in [9.17, 15) is 0 Å². The Morgan fingerprint density at radius 1 is 0.385 bits per heavy atom. The smallest absolute Gasteiger partial charge is 0.0464 e. The van der Waals surface area contributed by atoms with Gasteiger partial charge in [-0.15, -0.1) is 0 Å². The average molecular weight is 523 g/mol. The van der Waals surface area contributed by atoms with Gasteiger partial charge in [0.15, 0.2) is 0 Å². The molecular weight excluding hydrogens is 472 g/mol. The second-order valence-corrected chi connectivity index (χ2v) is 7.38. The van der Waals surface area contributed by atoms with E-state index in [1.54, 1.807) is 0 Å². The van der Waals surface area contributed by atoms with E-state index >= 15 is 0 Å². The minimum atomic E-state index is 1.12. The molecule has 39 heavy (non-hydrogen) atoms. The van der Waals surface area contributed by atoms with Crippen LogP contribution in [0.1, 0.15) is 61.0 Å². The maximum Gasteiger partial charge on any atom is 0.0464 e. The third-order valence-corrected chi connectivity index (χ3v) is 4.93. The summed E-state index contributed by atoms with van der Waals surface area (Å²) in [7, 11) is 0. The van der Waals surface area contributed by atoms with Gasteiger partial charge in [-0.05, 0) is 60.8 Å². The molecule has 0 heterocycles. The first-order valence-corrected chi connectivity index (χ1v) is 14.5. The van der Waals surface area contributed by atoms with Crippen molar-refractivity contribution in [3.8, 4) is 0 Å². The monoisotopic (exact) mass is 522 g/mol. The summed E-state index contributed by atoms with van der Waals surface area (Å²) >= 11 is 0. The van der Waals surface area contributed by atoms with Gasteiger partial charge in [-0.25, -0.2) is 0 Å². The summed E-state index contributed by atoms with van der Waals surface area (Å²) < 4.78 is 0. The summed E-state index contributed by atoms with van der Waals surface area (Å²) in [6.45, 7) is 18.1. The van der Waals surface area contributed by atoms with Gasteiger partial charge >= 0.3 is 0 Å². The molecule has 0 saturated heterocycles. The fraction of sp³-hybridized carbons (Fsp3) is 0.243. The largest absolute Gasteiger partial charge is 0.356 e. The highest BCUT2D eigenvalue weighted by atomic mass is 14.9. The van der Waals surface area contributed by atoms with Crippen molar-refractivity contribution in [1.29, 1.82) is 0 Å². The summed E-state index contributed by atoms with van der Waals surface area (Å²) in [6.07, 6.45) is 0. The molecule has 0 aromatic heterocycles. The maximum absolute atomic E-state index is 3.47. The normalized spacial score (nSPS) is 8.64. The number of rotatable bonds is 4. The van der Waals surface area contributed by atoms with Crippen LogP contribution in [-0.2, 0) is 0 Å². The predicted molar refractivity (Wildman–Crippen MR) is 180 cm³/mol. The Hall–Kier alpha value is -4.04. The van der Waals surface area contributed by atoms with Crippen molar-refractivity contribution < 1.29 is 0 Å². The fourth-order valence-electron chi connectivity index (χ4n) is 3.38. The zero-order valence-corrected chi connectivity index (χ0v) is 25.6. The minimum Gasteiger partial charge on any atom is -0.356 e. The van der Waals surface area contributed by atoms with Crippen LogP contribution in [0.25, 0.3) is 10.8 Å². The van der Waals surface area contributed by atoms with Crippen molar-refractivity contribution in [2.75, 3.05) is 10.6 Å². The molecule has 0 amide bonds. The van der Waals surface area contributed by atoms with E-state index in [1.165, 1.54) is 16.3 Å². The molecule has 5 aromatic carbocycles. The van der Waals surface area contributed by atoms with Gasteiger partial charge in [0.05, 0.1) is 0 Å². The van der Waals surface area contributed by atoms with Gasteiger partial charge in [0.25, 0.3) is 0 Å². The highest BCUT2D eigenvalue weighted by Gasteiger charge is 2.01. The molecule has 0 fully saturated rings. The molecule has 0 spiro atoms. The van der Waals surface area contributed by atoms with Crippen LogP contribution in [-0.4, -0.2) is 0 Å². The number of benzene rings is 5. The van der Waals surface area contributed by atoms with Gasteiger partial charge in [0.1, 0.15) is 0 Å². The number of hydrogen-bond acceptors (Lipinski definition) is 2. The number of anilines is 4. The van der Waals surface area contributed by atoms with Gasteiger partial charge in [-0.3, -0.25) is 0 Å². The Morgan fingerprint density at radius 3 is 1.23 bits per heavy atom. The van der Waals surface area contributed by atoms with E-state index in [-0.39, 0.29) is 0 Å². The topological polar surface area (TPSA) is 24.1 Å². The molecule has 2 heteroatoms. The molecule has 2 N–H and O–H groups in total. The Labute approximate surface area is 239 Å². The quantitative estimate of drug-likeness (QED) is 0.245. The van der Waals surface area contributed by atoms with Gasteiger partial charge in [-0.1, -0.05) is 140 Å². The van der Waals surface area contributed by atoms with E-state index in [0.717, 1.165) is 22.7 Å². The lowest BCUT2D eigenvalue weighted by atomic mass is 10.1. The first kappa shape index (κ1) is 35.0. The molecule has 0 radical (unpaired) electrons. The number of nitrogens with one attached hydrogen (secondary N) is 2. The molecule has 2 nitrogen and oxygen atoms in total. The van der Waals surface area contributed by atoms with Crippen molar-refractivity contribution >= 4 is 33.5 Å². The van der Waals surface area contributed by atoms with Crippen LogP contribution in [0.15, 0.2) is 127 Å². The number of hydrogen-bond donors (Lipinski definition) is 2. The Morgan fingerprint density at radius 2 is 0.795 bits per heavy atom. The Kier molecular flexibility index (Phi) is 20.7. The van der Waals surface area contributed by atoms with Crippen LogP contribution in [0.4, 0.5) is 22.7 Å². The SMILES string of the molecule is CC.CC.CC.CC.Cc1ccc2cccc(Nc3ccccc3)c2c1.c1ccc(Nc2ccccc2)cc1. The molecule has 208 valence electrons. The van der Waals surface area contributed by atoms with Crippen molar-refractivity contribution in [3.63, 3.8) is 0 Å². The second-order valence-electron chi connectivity index (χ2n) is 7.38. The number of fused-ring (bicyclic) bond motifs is 1. The van der Waals surface area contributed by atoms with E-state index in [4.69, 9.17) is 0 Å². The van der Waals surface area contributed by atoms with Crippen molar-refractivity contribution in [2.45, 2.75) is 62.3 Å². The maximum atomic E-state index is 3.47. The molecule has 0 unspecified atom stereocenters. The van der Waals surface area contributed by atoms with Gasteiger partial charge in [-0.2, -0.15) is 0 Å². The van der Waals surface area contributed by atoms with Crippen LogP contribution in [0.5, 0.6) is 0 Å². The molecule has 0 atom stereocenters. The summed E-state index contributed by atoms with van der Waals surface area (Å²) in [6, 6.07) is 43.4. The minimum absolute atomic E-state index is 1.12. The summed E-state index contributed by atoms with van der Waals surface area (Å²) in [5, 5.41) is 9.31. The summed E-state index contributed by atoms with van der Waals surface area (Å²) in [5.41, 5.74) is 5.79. The summed E-state index contributed by atoms with van der Waals surface area (Å²) in [4.78, 5) is 0. The van der Waals surface area contributed by atoms with Gasteiger partial charge < -0.3 is 10.6 Å². The van der Waals surface area contributed by atoms with Gasteiger partial charge in [0, 0.05) is 28.1 Å². The molecule has 5 aromatic rings. The molecule has 0 aliphatic rings. The Bertz CT molecular complexity index is 1180. The molecule has 0 aliphatic carbocycles. The lowest BCUT2D eigenvalue weighted by molar-refractivity contribution is 1.50. The zero-order valence-electron chi connectivity index (χ0n) is 25.6. The van der Waals surface area contributed by atoms with E-state index < -0.39 is 0 Å². The molecular formula is C37H50N2. The fourth-order valence-corrected chi connectivity index (χ4v) is 3.38. The number of aryl methyl sites for hydroxylation is 1. The van der Waals surface area contributed by atoms with E-state index in [0.29, 0.717) is 0 Å². The molecule has 0 bridgehead atoms. The van der Waals surface area contributed by atoms with Gasteiger partial charge in [0.2, 0.25) is 0 Å². The highest BCUT2D eigenvalue weighted by molar-refractivity contribution is 5.95. The van der Waals surface area contributed by atoms with Crippen molar-refractivity contribution in [1.82, 2.24) is 0 Å². The van der Waals surface area contributed by atoms with E-state index in [1.807, 2.05) is 134 Å². The summed E-state index contributed by atoms with van der Waals surface area (Å²) in [5.74, 6) is 0. The van der Waals surface area contributed by atoms with Crippen LogP contribution >= 0.6 is 0 Å². The first-order valence-electron chi connectivity index (χ1n) is 14.5. The second kappa shape index (κ2) is 23.1. The van der Waals surface area contributed by atoms with E-state index in [2.05, 4.69) is 66.1 Å². The van der Waals surface area contributed by atoms with Crippen LogP contribution < -0.4 is 10.6 Å². The van der Waals surface area contributed by atoms with Crippen molar-refractivity contribution in [2.24, 2.45) is 0 Å². The zero-order chi connectivity index (χ0) is 29.3. The Balaban J connectivity index is 0.000000608. The van der Waals surface area contributed by atoms with Crippen LogP contribution in [0, 0.1) is 6.92 Å². The molecule has 5 rings (SSSR count). The standard InChI is InChI=1S/C17H15N.C12H11N.4C2H6/c1-13-10-11-14-6-5-9-17(16(14)12-13)18-15-7-3-2-4-8-15;1-3-7-11(8-4-1)13-12-9-5-2-6-10-12;4*1-2/h2-12,18H,1H3;1-10,13H;4*1-2H3. The number of para-hydroxylation sites is 3. The predicted octanol–water partition coefficient (Wildman–Crippen LogP) is 12.4. The average Bonchev–Trinajstić information content (AvgIpc) is 3.03. The first-order chi connectivity index (χ1) is 19.3. The third kappa shape index (κ3) is 13.4. The van der Waals surface area contributed by atoms with Crippen LogP contribution in [0.2, 0.25) is 0 Å². The molecule has 0 saturated carbocycles. The van der Waals surface area contributed by atoms with Crippen molar-refractivity contribution in [3.05, 3.63) is 133 Å². The highest BCUT2D eigenvalue weighted by Crippen LogP contribution is 2.27. The molecule has 0 aliphatic heterocycles. The van der Waals surface area contributed by atoms with Crippen LogP contribution in [0.3, 0.4) is 0 Å².